The lowest BCUT2D eigenvalue weighted by molar-refractivity contribution is -0.144. The van der Waals surface area contributed by atoms with Crippen molar-refractivity contribution >= 4 is 12.0 Å². The summed E-state index contributed by atoms with van der Waals surface area (Å²) in [6, 6.07) is -0.254. The van der Waals surface area contributed by atoms with E-state index in [1.54, 1.807) is 11.8 Å². The Balaban J connectivity index is 2.67. The third kappa shape index (κ3) is 3.37. The Bertz CT molecular complexity index is 309. The van der Waals surface area contributed by atoms with Gasteiger partial charge in [-0.1, -0.05) is 13.8 Å². The molecule has 5 nitrogen and oxygen atoms in total. The Labute approximate surface area is 109 Å². The lowest BCUT2D eigenvalue weighted by Gasteiger charge is -2.30. The minimum absolute atomic E-state index is 0.0732. The molecule has 0 aromatic carbocycles. The monoisotopic (exact) mass is 256 g/mol. The van der Waals surface area contributed by atoms with Crippen LogP contribution in [0.3, 0.4) is 0 Å². The van der Waals surface area contributed by atoms with Crippen LogP contribution in [0.5, 0.6) is 0 Å². The molecule has 1 aliphatic carbocycles. The molecule has 0 aromatic rings. The number of carbonyl (C=O) groups excluding carboxylic acids is 1. The van der Waals surface area contributed by atoms with Gasteiger partial charge >= 0.3 is 12.0 Å². The molecule has 1 atom stereocenters. The summed E-state index contributed by atoms with van der Waals surface area (Å²) in [5.41, 5.74) is -1.11. The van der Waals surface area contributed by atoms with Crippen LogP contribution in [-0.4, -0.2) is 40.6 Å². The van der Waals surface area contributed by atoms with E-state index in [2.05, 4.69) is 5.32 Å². The summed E-state index contributed by atoms with van der Waals surface area (Å²) in [5, 5.41) is 12.0. The lowest BCUT2D eigenvalue weighted by atomic mass is 9.96. The van der Waals surface area contributed by atoms with E-state index in [4.69, 9.17) is 0 Å². The summed E-state index contributed by atoms with van der Waals surface area (Å²) >= 11 is 0. The van der Waals surface area contributed by atoms with Crippen molar-refractivity contribution in [1.82, 2.24) is 10.2 Å². The third-order valence-corrected chi connectivity index (χ3v) is 3.48. The highest BCUT2D eigenvalue weighted by Crippen LogP contribution is 2.39. The highest BCUT2D eigenvalue weighted by atomic mass is 16.4. The minimum atomic E-state index is -1.11. The maximum absolute atomic E-state index is 12.1. The molecule has 0 saturated heterocycles. The fourth-order valence-corrected chi connectivity index (χ4v) is 2.15. The first-order valence-corrected chi connectivity index (χ1v) is 6.76. The number of rotatable bonds is 7. The number of hydrogen-bond acceptors (Lipinski definition) is 2. The maximum Gasteiger partial charge on any atom is 0.329 e. The largest absolute Gasteiger partial charge is 0.480 e. The molecule has 1 aliphatic rings. The van der Waals surface area contributed by atoms with Crippen LogP contribution in [0.4, 0.5) is 4.79 Å². The molecule has 2 amide bonds. The normalized spacial score (nSPS) is 17.9. The van der Waals surface area contributed by atoms with Gasteiger partial charge in [-0.25, -0.2) is 9.59 Å². The van der Waals surface area contributed by atoms with E-state index in [0.29, 0.717) is 13.1 Å². The van der Waals surface area contributed by atoms with Crippen molar-refractivity contribution in [2.45, 2.75) is 52.0 Å². The molecule has 0 aliphatic heterocycles. The molecule has 1 fully saturated rings. The molecule has 0 radical (unpaired) electrons. The van der Waals surface area contributed by atoms with Gasteiger partial charge in [-0.05, 0) is 38.5 Å². The highest BCUT2D eigenvalue weighted by molar-refractivity contribution is 5.86. The quantitative estimate of drug-likeness (QED) is 0.732. The van der Waals surface area contributed by atoms with Gasteiger partial charge in [-0.2, -0.15) is 0 Å². The Morgan fingerprint density at radius 3 is 2.11 bits per heavy atom. The van der Waals surface area contributed by atoms with Crippen LogP contribution in [0.1, 0.15) is 46.5 Å². The molecular weight excluding hydrogens is 232 g/mol. The number of urea groups is 1. The van der Waals surface area contributed by atoms with Gasteiger partial charge < -0.3 is 15.3 Å². The van der Waals surface area contributed by atoms with E-state index in [1.807, 2.05) is 13.8 Å². The van der Waals surface area contributed by atoms with E-state index in [9.17, 15) is 14.7 Å². The van der Waals surface area contributed by atoms with Gasteiger partial charge in [0.25, 0.3) is 0 Å². The van der Waals surface area contributed by atoms with Crippen LogP contribution >= 0.6 is 0 Å². The zero-order chi connectivity index (χ0) is 13.8. The van der Waals surface area contributed by atoms with Crippen LogP contribution in [0.2, 0.25) is 0 Å². The van der Waals surface area contributed by atoms with Crippen molar-refractivity contribution in [3.05, 3.63) is 0 Å². The third-order valence-electron chi connectivity index (χ3n) is 3.48. The lowest BCUT2D eigenvalue weighted by Crippen LogP contribution is -2.57. The van der Waals surface area contributed by atoms with Gasteiger partial charge in [0.05, 0.1) is 0 Å². The Morgan fingerprint density at radius 1 is 1.28 bits per heavy atom. The molecule has 1 saturated carbocycles. The van der Waals surface area contributed by atoms with E-state index < -0.39 is 11.5 Å². The van der Waals surface area contributed by atoms with Crippen LogP contribution in [0.25, 0.3) is 0 Å². The predicted molar refractivity (Wildman–Crippen MR) is 69.5 cm³/mol. The summed E-state index contributed by atoms with van der Waals surface area (Å²) in [5.74, 6) is -0.865. The summed E-state index contributed by atoms with van der Waals surface area (Å²) in [6.07, 6.45) is 3.51. The first-order chi connectivity index (χ1) is 8.45. The number of nitrogens with zero attached hydrogens (tertiary/aromatic N) is 1. The molecule has 0 heterocycles. The molecule has 104 valence electrons. The van der Waals surface area contributed by atoms with E-state index in [-0.39, 0.29) is 11.9 Å². The van der Waals surface area contributed by atoms with E-state index in [1.165, 1.54) is 0 Å². The van der Waals surface area contributed by atoms with Crippen LogP contribution < -0.4 is 5.32 Å². The summed E-state index contributed by atoms with van der Waals surface area (Å²) in [7, 11) is 0. The standard InChI is InChI=1S/C13H24N2O3/c1-4-8-15(9-5-2)12(18)14-13(3,11(16)17)10-6-7-10/h10H,4-9H2,1-3H3,(H,14,18)(H,16,17). The van der Waals surface area contributed by atoms with Gasteiger partial charge in [0.1, 0.15) is 5.54 Å². The van der Waals surface area contributed by atoms with Crippen molar-refractivity contribution in [2.75, 3.05) is 13.1 Å². The molecule has 1 rings (SSSR count). The number of hydrogen-bond donors (Lipinski definition) is 2. The molecule has 2 N–H and O–H groups in total. The molecule has 5 heteroatoms. The average Bonchev–Trinajstić information content (AvgIpc) is 3.12. The fourth-order valence-electron chi connectivity index (χ4n) is 2.15. The van der Waals surface area contributed by atoms with Gasteiger partial charge in [0.2, 0.25) is 0 Å². The minimum Gasteiger partial charge on any atom is -0.480 e. The van der Waals surface area contributed by atoms with Gasteiger partial charge in [-0.15, -0.1) is 0 Å². The molecule has 18 heavy (non-hydrogen) atoms. The van der Waals surface area contributed by atoms with Crippen molar-refractivity contribution < 1.29 is 14.7 Å². The molecule has 0 spiro atoms. The first-order valence-electron chi connectivity index (χ1n) is 6.76. The van der Waals surface area contributed by atoms with E-state index >= 15 is 0 Å². The number of aliphatic carboxylic acids is 1. The molecule has 0 aromatic heterocycles. The Kier molecular flexibility index (Phi) is 4.99. The summed E-state index contributed by atoms with van der Waals surface area (Å²) in [6.45, 7) is 6.96. The summed E-state index contributed by atoms with van der Waals surface area (Å²) < 4.78 is 0. The predicted octanol–water partition coefficient (Wildman–Crippen LogP) is 2.07. The number of carboxylic acids is 1. The second-order valence-corrected chi connectivity index (χ2v) is 5.20. The Morgan fingerprint density at radius 2 is 1.78 bits per heavy atom. The maximum atomic E-state index is 12.1. The van der Waals surface area contributed by atoms with Crippen molar-refractivity contribution in [3.8, 4) is 0 Å². The number of carboxylic acid groups (broad SMARTS) is 1. The average molecular weight is 256 g/mol. The molecular formula is C13H24N2O3. The SMILES string of the molecule is CCCN(CCC)C(=O)NC(C)(C(=O)O)C1CC1. The van der Waals surface area contributed by atoms with Crippen molar-refractivity contribution in [3.63, 3.8) is 0 Å². The van der Waals surface area contributed by atoms with Gasteiger partial charge in [0, 0.05) is 13.1 Å². The topological polar surface area (TPSA) is 69.6 Å². The van der Waals surface area contributed by atoms with Crippen molar-refractivity contribution in [1.29, 1.82) is 0 Å². The summed E-state index contributed by atoms with van der Waals surface area (Å²) in [4.78, 5) is 25.2. The molecule has 0 bridgehead atoms. The van der Waals surface area contributed by atoms with E-state index in [0.717, 1.165) is 25.7 Å². The number of amides is 2. The fraction of sp³-hybridized carbons (Fsp3) is 0.846. The zero-order valence-electron chi connectivity index (χ0n) is 11.5. The Hall–Kier alpha value is -1.26. The smallest absolute Gasteiger partial charge is 0.329 e. The second kappa shape index (κ2) is 6.07. The highest BCUT2D eigenvalue weighted by Gasteiger charge is 2.49. The molecule has 1 unspecified atom stereocenters. The van der Waals surface area contributed by atoms with Crippen LogP contribution in [0.15, 0.2) is 0 Å². The van der Waals surface area contributed by atoms with Gasteiger partial charge in [0.15, 0.2) is 0 Å². The zero-order valence-corrected chi connectivity index (χ0v) is 11.5. The first kappa shape index (κ1) is 14.8. The number of nitrogens with one attached hydrogen (secondary N) is 1. The van der Waals surface area contributed by atoms with Crippen LogP contribution in [-0.2, 0) is 4.79 Å². The second-order valence-electron chi connectivity index (χ2n) is 5.20. The van der Waals surface area contributed by atoms with Gasteiger partial charge in [-0.3, -0.25) is 0 Å². The van der Waals surface area contributed by atoms with Crippen molar-refractivity contribution in [2.24, 2.45) is 5.92 Å². The van der Waals surface area contributed by atoms with Crippen LogP contribution in [0, 0.1) is 5.92 Å². The number of carbonyl (C=O) groups is 2.